The number of rotatable bonds is 8. The Labute approximate surface area is 181 Å². The molecule has 0 radical (unpaired) electrons. The van der Waals surface area contributed by atoms with E-state index < -0.39 is 20.2 Å². The Morgan fingerprint density at radius 1 is 1.33 bits per heavy atom. The molecule has 0 aromatic carbocycles. The fourth-order valence-corrected chi connectivity index (χ4v) is 2.07. The number of aliphatic hydroxyl groups is 1. The van der Waals surface area contributed by atoms with Gasteiger partial charge in [-0.25, -0.2) is 15.0 Å². The van der Waals surface area contributed by atoms with E-state index in [2.05, 4.69) is 15.0 Å². The van der Waals surface area contributed by atoms with Crippen LogP contribution in [0.1, 0.15) is 6.23 Å². The second-order valence-electron chi connectivity index (χ2n) is 4.24. The van der Waals surface area contributed by atoms with Crippen LogP contribution in [0.3, 0.4) is 0 Å². The van der Waals surface area contributed by atoms with Crippen LogP contribution in [0.5, 0.6) is 0 Å². The smallest absolute Gasteiger partial charge is 0.809 e. The first kappa shape index (κ1) is 24.4. The van der Waals surface area contributed by atoms with Gasteiger partial charge in [-0.05, 0) is 7.60 Å². The first-order valence-electron chi connectivity index (χ1n) is 6.16. The van der Waals surface area contributed by atoms with Crippen molar-refractivity contribution in [3.05, 3.63) is 12.7 Å². The second kappa shape index (κ2) is 11.2. The Morgan fingerprint density at radius 3 is 2.67 bits per heavy atom. The fraction of sp³-hybridized carbons (Fsp3) is 0.500. The molecule has 2 heterocycles. The molecule has 0 bridgehead atoms. The molecule has 0 saturated heterocycles. The number of nitrogens with two attached hydrogens (primary N) is 1. The first-order valence-corrected chi connectivity index (χ1v) is 7.89. The number of nitrogen functional groups attached to an aromatic ring is 1. The summed E-state index contributed by atoms with van der Waals surface area (Å²) < 4.78 is 22.2. The Morgan fingerprint density at radius 2 is 2.04 bits per heavy atom. The van der Waals surface area contributed by atoms with Crippen LogP contribution in [0.15, 0.2) is 12.7 Å². The Bertz CT molecular complexity index is 683. The van der Waals surface area contributed by atoms with Gasteiger partial charge in [0, 0.05) is 0 Å². The average molecular weight is 377 g/mol. The number of ether oxygens (including phenoxy) is 2. The first-order chi connectivity index (χ1) is 10.4. The quantitative estimate of drug-likeness (QED) is 0.332. The molecule has 1 atom stereocenters. The molecule has 0 spiro atoms. The van der Waals surface area contributed by atoms with Crippen molar-refractivity contribution >= 4 is 24.6 Å². The molecule has 2 aromatic rings. The summed E-state index contributed by atoms with van der Waals surface area (Å²) in [6, 6.07) is 0. The maximum absolute atomic E-state index is 10.6. The largest absolute Gasteiger partial charge is 1.00 e. The van der Waals surface area contributed by atoms with Crippen molar-refractivity contribution in [3.8, 4) is 0 Å². The molecule has 0 aliphatic carbocycles. The maximum Gasteiger partial charge on any atom is 1.00 e. The molecular weight excluding hydrogens is 363 g/mol. The molecule has 0 aliphatic heterocycles. The monoisotopic (exact) mass is 377 g/mol. The third kappa shape index (κ3) is 6.94. The molecule has 0 saturated carbocycles. The van der Waals surface area contributed by atoms with Gasteiger partial charge in [0.25, 0.3) is 0 Å². The van der Waals surface area contributed by atoms with Crippen molar-refractivity contribution in [3.63, 3.8) is 0 Å². The van der Waals surface area contributed by atoms with Gasteiger partial charge in [0.15, 0.2) is 17.7 Å². The van der Waals surface area contributed by atoms with Crippen molar-refractivity contribution in [1.29, 1.82) is 0 Å². The van der Waals surface area contributed by atoms with Gasteiger partial charge in [-0.3, -0.25) is 4.57 Å². The predicted octanol–water partition coefficient (Wildman–Crippen LogP) is -8.19. The number of aromatic nitrogens is 4. The van der Waals surface area contributed by atoms with Crippen molar-refractivity contribution in [2.24, 2.45) is 0 Å². The number of hydrogen-bond donors (Lipinski definition) is 2. The van der Waals surface area contributed by atoms with Crippen LogP contribution in [0.4, 0.5) is 5.82 Å². The van der Waals surface area contributed by atoms with Gasteiger partial charge >= 0.3 is 59.1 Å². The zero-order valence-corrected chi connectivity index (χ0v) is 18.3. The van der Waals surface area contributed by atoms with E-state index in [0.717, 1.165) is 0 Å². The number of nitrogens with zero attached hydrogens (tertiary/aromatic N) is 4. The van der Waals surface area contributed by atoms with Gasteiger partial charge in [-0.15, -0.1) is 0 Å². The fourth-order valence-electron chi connectivity index (χ4n) is 1.74. The molecule has 122 valence electrons. The third-order valence-corrected chi connectivity index (χ3v) is 3.11. The van der Waals surface area contributed by atoms with Gasteiger partial charge < -0.3 is 34.7 Å². The van der Waals surface area contributed by atoms with Crippen LogP contribution in [0.2, 0.25) is 0 Å². The zero-order chi connectivity index (χ0) is 16.2. The number of fused-ring (bicyclic) bond motifs is 1. The number of hydrogen-bond acceptors (Lipinski definition) is 10. The van der Waals surface area contributed by atoms with Gasteiger partial charge in [0.2, 0.25) is 0 Å². The van der Waals surface area contributed by atoms with Crippen molar-refractivity contribution in [1.82, 2.24) is 19.5 Å². The van der Waals surface area contributed by atoms with Gasteiger partial charge in [0.1, 0.15) is 11.8 Å². The van der Waals surface area contributed by atoms with E-state index in [4.69, 9.17) is 20.3 Å². The Balaban J connectivity index is 0.00000264. The molecule has 0 amide bonds. The van der Waals surface area contributed by atoms with Crippen molar-refractivity contribution in [2.45, 2.75) is 6.23 Å². The maximum atomic E-state index is 10.6. The molecule has 2 aromatic heterocycles. The molecule has 14 heteroatoms. The molecule has 0 fully saturated rings. The summed E-state index contributed by atoms with van der Waals surface area (Å²) >= 11 is 0. The van der Waals surface area contributed by atoms with Crippen LogP contribution in [-0.2, 0) is 14.0 Å². The second-order valence-corrected chi connectivity index (χ2v) is 5.72. The van der Waals surface area contributed by atoms with Crippen LogP contribution in [-0.4, -0.2) is 50.8 Å². The minimum absolute atomic E-state index is 0. The van der Waals surface area contributed by atoms with Gasteiger partial charge in [-0.2, -0.15) is 0 Å². The summed E-state index contributed by atoms with van der Waals surface area (Å²) in [6.45, 7) is -0.521. The van der Waals surface area contributed by atoms with Gasteiger partial charge in [-0.1, -0.05) is 0 Å². The summed E-state index contributed by atoms with van der Waals surface area (Å²) in [5.41, 5.74) is 6.37. The summed E-state index contributed by atoms with van der Waals surface area (Å²) in [7, 11) is -4.78. The molecule has 3 N–H and O–H groups in total. The zero-order valence-electron chi connectivity index (χ0n) is 13.4. The Hall–Kier alpha value is 0.380. The average Bonchev–Trinajstić information content (AvgIpc) is 2.87. The normalized spacial score (nSPS) is 12.5. The van der Waals surface area contributed by atoms with Gasteiger partial charge in [0.05, 0.1) is 32.5 Å². The minimum atomic E-state index is -4.78. The standard InChI is InChI=1S/C10H16N5O6P.2Na/c11-9-8-10(13-4-12-9)15(5-14-8)7(21-2-1-16)3-20-6-22(17,18)19;;/h4-5,7,16H,1-3,6H2,(H2,11,12,13)(H2,17,18,19);;/q;2*+1/p-2. The number of anilines is 1. The van der Waals surface area contributed by atoms with Crippen LogP contribution < -0.4 is 74.6 Å². The summed E-state index contributed by atoms with van der Waals surface area (Å²) in [5, 5.41) is 8.84. The van der Waals surface area contributed by atoms with Crippen molar-refractivity contribution in [2.75, 3.05) is 31.9 Å². The van der Waals surface area contributed by atoms with Crippen LogP contribution >= 0.6 is 7.60 Å². The van der Waals surface area contributed by atoms with E-state index in [1.807, 2.05) is 0 Å². The minimum Gasteiger partial charge on any atom is -0.809 e. The SMILES string of the molecule is Nc1ncnc2c1ncn2C(COCP(=O)([O-])[O-])OCCO.[Na+].[Na+]. The van der Waals surface area contributed by atoms with Crippen LogP contribution in [0, 0.1) is 0 Å². The predicted molar refractivity (Wildman–Crippen MR) is 70.2 cm³/mol. The van der Waals surface area contributed by atoms with Crippen molar-refractivity contribution < 1.29 is 88.0 Å². The summed E-state index contributed by atoms with van der Waals surface area (Å²) in [4.78, 5) is 33.0. The molecule has 11 nitrogen and oxygen atoms in total. The number of aliphatic hydroxyl groups excluding tert-OH is 1. The van der Waals surface area contributed by atoms with E-state index in [1.165, 1.54) is 17.2 Å². The molecular formula is C10H14N5Na2O6P. The molecule has 1 unspecified atom stereocenters. The van der Waals surface area contributed by atoms with E-state index >= 15 is 0 Å². The van der Waals surface area contributed by atoms with E-state index in [-0.39, 0.29) is 84.8 Å². The summed E-state index contributed by atoms with van der Waals surface area (Å²) in [6.07, 6.45) is 0.812. The number of imidazole rings is 1. The Kier molecular flexibility index (Phi) is 11.3. The van der Waals surface area contributed by atoms with Crippen LogP contribution in [0.25, 0.3) is 11.2 Å². The molecule has 2 rings (SSSR count). The van der Waals surface area contributed by atoms with E-state index in [0.29, 0.717) is 11.2 Å². The van der Waals surface area contributed by atoms with E-state index in [9.17, 15) is 14.4 Å². The third-order valence-electron chi connectivity index (χ3n) is 2.61. The molecule has 0 aliphatic rings. The summed E-state index contributed by atoms with van der Waals surface area (Å²) in [5.74, 6) is 0.175. The topological polar surface area (TPSA) is 172 Å². The molecule has 24 heavy (non-hydrogen) atoms. The van der Waals surface area contributed by atoms with E-state index in [1.54, 1.807) is 0 Å².